The minimum atomic E-state index is 0.0892. The third kappa shape index (κ3) is 2.43. The predicted molar refractivity (Wildman–Crippen MR) is 84.0 cm³/mol. The zero-order valence-corrected chi connectivity index (χ0v) is 13.1. The van der Waals surface area contributed by atoms with Crippen LogP contribution in [0.25, 0.3) is 10.1 Å². The monoisotopic (exact) mass is 309 g/mol. The number of hydrogen-bond acceptors (Lipinski definition) is 2. The quantitative estimate of drug-likeness (QED) is 0.900. The van der Waals surface area contributed by atoms with Crippen LogP contribution in [0.1, 0.15) is 16.6 Å². The maximum Gasteiger partial charge on any atom is 0.265 e. The number of quaternary nitrogens is 1. The number of benzene rings is 1. The largest absolute Gasteiger partial charge is 0.332 e. The zero-order chi connectivity index (χ0) is 14.1. The van der Waals surface area contributed by atoms with Crippen molar-refractivity contribution in [3.63, 3.8) is 0 Å². The van der Waals surface area contributed by atoms with Crippen molar-refractivity contribution in [3.8, 4) is 0 Å². The Labute approximate surface area is 127 Å². The second-order valence-corrected chi connectivity index (χ2v) is 6.57. The van der Waals surface area contributed by atoms with Crippen LogP contribution in [0, 0.1) is 0 Å². The van der Waals surface area contributed by atoms with Crippen molar-refractivity contribution in [2.75, 3.05) is 32.7 Å². The Kier molecular flexibility index (Phi) is 3.96. The minimum absolute atomic E-state index is 0.0892. The van der Waals surface area contributed by atoms with E-state index in [1.165, 1.54) is 11.3 Å². The number of nitrogens with one attached hydrogen (secondary N) is 1. The average Bonchev–Trinajstić information content (AvgIpc) is 2.84. The zero-order valence-electron chi connectivity index (χ0n) is 11.5. The Morgan fingerprint density at radius 3 is 2.70 bits per heavy atom. The van der Waals surface area contributed by atoms with Gasteiger partial charge in [-0.2, -0.15) is 0 Å². The molecule has 5 heteroatoms. The van der Waals surface area contributed by atoms with E-state index in [9.17, 15) is 4.79 Å². The number of carbonyl (C=O) groups is 1. The fraction of sp³-hybridized carbons (Fsp3) is 0.400. The first kappa shape index (κ1) is 13.9. The van der Waals surface area contributed by atoms with Crippen molar-refractivity contribution in [1.82, 2.24) is 4.90 Å². The smallest absolute Gasteiger partial charge is 0.265 e. The van der Waals surface area contributed by atoms with Gasteiger partial charge in [0.25, 0.3) is 5.91 Å². The Morgan fingerprint density at radius 1 is 1.35 bits per heavy atom. The normalized spacial score (nSPS) is 16.8. The molecule has 3 rings (SSSR count). The maximum absolute atomic E-state index is 12.6. The SMILES string of the molecule is CC[NH+]1CCN(C(=O)c2sc3ccccc3c2Cl)CC1. The summed E-state index contributed by atoms with van der Waals surface area (Å²) in [6, 6.07) is 7.93. The third-order valence-corrected chi connectivity index (χ3v) is 5.65. The molecule has 2 aromatic rings. The molecule has 0 aliphatic carbocycles. The molecule has 1 fully saturated rings. The van der Waals surface area contributed by atoms with Gasteiger partial charge < -0.3 is 9.80 Å². The Bertz CT molecular complexity index is 632. The summed E-state index contributed by atoms with van der Waals surface area (Å²) < 4.78 is 1.08. The van der Waals surface area contributed by atoms with Crippen LogP contribution >= 0.6 is 22.9 Å². The summed E-state index contributed by atoms with van der Waals surface area (Å²) in [5.74, 6) is 0.0892. The molecule has 2 heterocycles. The second kappa shape index (κ2) is 5.72. The summed E-state index contributed by atoms with van der Waals surface area (Å²) in [4.78, 5) is 16.8. The molecule has 1 amide bonds. The van der Waals surface area contributed by atoms with E-state index in [2.05, 4.69) is 6.92 Å². The average molecular weight is 310 g/mol. The molecule has 106 valence electrons. The van der Waals surface area contributed by atoms with Gasteiger partial charge in [-0.05, 0) is 13.0 Å². The lowest BCUT2D eigenvalue weighted by Gasteiger charge is -2.31. The number of halogens is 1. The molecule has 1 N–H and O–H groups in total. The van der Waals surface area contributed by atoms with E-state index < -0.39 is 0 Å². The Morgan fingerprint density at radius 2 is 2.05 bits per heavy atom. The topological polar surface area (TPSA) is 24.8 Å². The van der Waals surface area contributed by atoms with Crippen molar-refractivity contribution in [1.29, 1.82) is 0 Å². The van der Waals surface area contributed by atoms with Crippen LogP contribution in [0.4, 0.5) is 0 Å². The number of amides is 1. The predicted octanol–water partition coefficient (Wildman–Crippen LogP) is 1.92. The van der Waals surface area contributed by atoms with Crippen molar-refractivity contribution in [3.05, 3.63) is 34.2 Å². The number of hydrogen-bond donors (Lipinski definition) is 1. The fourth-order valence-corrected chi connectivity index (χ4v) is 4.15. The van der Waals surface area contributed by atoms with Crippen LogP contribution < -0.4 is 4.90 Å². The van der Waals surface area contributed by atoms with Gasteiger partial charge in [0.15, 0.2) is 0 Å². The van der Waals surface area contributed by atoms with Crippen molar-refractivity contribution < 1.29 is 9.69 Å². The molecule has 0 spiro atoms. The molecule has 0 radical (unpaired) electrons. The molecule has 1 aromatic carbocycles. The van der Waals surface area contributed by atoms with E-state index in [0.29, 0.717) is 9.90 Å². The van der Waals surface area contributed by atoms with E-state index in [-0.39, 0.29) is 5.91 Å². The van der Waals surface area contributed by atoms with Crippen LogP contribution in [-0.4, -0.2) is 43.5 Å². The van der Waals surface area contributed by atoms with Crippen molar-refractivity contribution in [2.24, 2.45) is 0 Å². The van der Waals surface area contributed by atoms with Gasteiger partial charge in [0.05, 0.1) is 37.7 Å². The van der Waals surface area contributed by atoms with Crippen LogP contribution in [0.15, 0.2) is 24.3 Å². The molecule has 0 saturated carbocycles. The van der Waals surface area contributed by atoms with Crippen LogP contribution in [0.2, 0.25) is 5.02 Å². The Balaban J connectivity index is 1.84. The van der Waals surface area contributed by atoms with Gasteiger partial charge in [-0.25, -0.2) is 0 Å². The van der Waals surface area contributed by atoms with Gasteiger partial charge in [-0.3, -0.25) is 4.79 Å². The molecule has 3 nitrogen and oxygen atoms in total. The number of thiophene rings is 1. The number of piperazine rings is 1. The highest BCUT2D eigenvalue weighted by Crippen LogP contribution is 2.35. The van der Waals surface area contributed by atoms with E-state index >= 15 is 0 Å². The number of likely N-dealkylation sites (N-methyl/N-ethyl adjacent to an activating group) is 1. The molecule has 1 aromatic heterocycles. The van der Waals surface area contributed by atoms with Gasteiger partial charge in [0, 0.05) is 10.1 Å². The minimum Gasteiger partial charge on any atom is -0.332 e. The number of carbonyl (C=O) groups excluding carboxylic acids is 1. The molecule has 1 aliphatic rings. The highest BCUT2D eigenvalue weighted by molar-refractivity contribution is 7.21. The lowest BCUT2D eigenvalue weighted by Crippen LogP contribution is -3.14. The second-order valence-electron chi connectivity index (χ2n) is 5.14. The number of rotatable bonds is 2. The molecular formula is C15H18ClN2OS+. The van der Waals surface area contributed by atoms with Gasteiger partial charge in [-0.15, -0.1) is 11.3 Å². The summed E-state index contributed by atoms with van der Waals surface area (Å²) in [7, 11) is 0. The van der Waals surface area contributed by atoms with E-state index in [0.717, 1.165) is 42.8 Å². The number of nitrogens with zero attached hydrogens (tertiary/aromatic N) is 1. The van der Waals surface area contributed by atoms with Gasteiger partial charge in [-0.1, -0.05) is 29.8 Å². The lowest BCUT2D eigenvalue weighted by molar-refractivity contribution is -0.902. The molecular weight excluding hydrogens is 292 g/mol. The number of fused-ring (bicyclic) bond motifs is 1. The highest BCUT2D eigenvalue weighted by atomic mass is 35.5. The first-order chi connectivity index (χ1) is 9.70. The Hall–Kier alpha value is -1.10. The van der Waals surface area contributed by atoms with Crippen LogP contribution in [0.5, 0.6) is 0 Å². The first-order valence-electron chi connectivity index (χ1n) is 7.00. The van der Waals surface area contributed by atoms with E-state index in [1.807, 2.05) is 29.2 Å². The molecule has 20 heavy (non-hydrogen) atoms. The molecule has 0 atom stereocenters. The summed E-state index contributed by atoms with van der Waals surface area (Å²) in [5.41, 5.74) is 0. The fourth-order valence-electron chi connectivity index (χ4n) is 2.67. The van der Waals surface area contributed by atoms with Gasteiger partial charge in [0.2, 0.25) is 0 Å². The summed E-state index contributed by atoms with van der Waals surface area (Å²) in [5, 5.41) is 1.60. The van der Waals surface area contributed by atoms with E-state index in [1.54, 1.807) is 4.90 Å². The molecule has 0 bridgehead atoms. The van der Waals surface area contributed by atoms with E-state index in [4.69, 9.17) is 11.6 Å². The molecule has 1 saturated heterocycles. The van der Waals surface area contributed by atoms with Crippen molar-refractivity contribution in [2.45, 2.75) is 6.92 Å². The highest BCUT2D eigenvalue weighted by Gasteiger charge is 2.26. The standard InChI is InChI=1S/C15H17ClN2OS/c1-2-17-7-9-18(10-8-17)15(19)14-13(16)11-5-3-4-6-12(11)20-14/h3-6H,2,7-10H2,1H3/p+1. The summed E-state index contributed by atoms with van der Waals surface area (Å²) in [6.07, 6.45) is 0. The molecule has 0 unspecified atom stereocenters. The first-order valence-corrected chi connectivity index (χ1v) is 8.20. The summed E-state index contributed by atoms with van der Waals surface area (Å²) >= 11 is 7.89. The van der Waals surface area contributed by atoms with Gasteiger partial charge in [0.1, 0.15) is 4.88 Å². The lowest BCUT2D eigenvalue weighted by atomic mass is 10.2. The van der Waals surface area contributed by atoms with Crippen LogP contribution in [0.3, 0.4) is 0 Å². The van der Waals surface area contributed by atoms with Gasteiger partial charge >= 0.3 is 0 Å². The maximum atomic E-state index is 12.6. The van der Waals surface area contributed by atoms with Crippen LogP contribution in [-0.2, 0) is 0 Å². The summed E-state index contributed by atoms with van der Waals surface area (Å²) in [6.45, 7) is 7.04. The van der Waals surface area contributed by atoms with Crippen molar-refractivity contribution >= 4 is 38.9 Å². The third-order valence-electron chi connectivity index (χ3n) is 3.99. The molecule has 1 aliphatic heterocycles.